The van der Waals surface area contributed by atoms with Gasteiger partial charge in [-0.25, -0.2) is 9.97 Å². The normalized spacial score (nSPS) is 12.4. The molecule has 0 aliphatic rings. The molecule has 1 N–H and O–H groups in total. The maximum atomic E-state index is 6.05. The van der Waals surface area contributed by atoms with E-state index in [0.29, 0.717) is 30.2 Å². The van der Waals surface area contributed by atoms with E-state index in [0.717, 1.165) is 25.1 Å². The van der Waals surface area contributed by atoms with Crippen LogP contribution in [0.2, 0.25) is 5.15 Å². The molecule has 1 unspecified atom stereocenters. The van der Waals surface area contributed by atoms with E-state index in [-0.39, 0.29) is 0 Å². The Labute approximate surface area is 127 Å². The van der Waals surface area contributed by atoms with E-state index in [9.17, 15) is 0 Å². The summed E-state index contributed by atoms with van der Waals surface area (Å²) in [5.41, 5.74) is 0. The summed E-state index contributed by atoms with van der Waals surface area (Å²) in [5, 5.41) is 3.94. The van der Waals surface area contributed by atoms with Gasteiger partial charge in [-0.3, -0.25) is 0 Å². The first-order valence-corrected chi connectivity index (χ1v) is 7.95. The number of ether oxygens (including phenoxy) is 1. The first-order chi connectivity index (χ1) is 9.69. The third-order valence-electron chi connectivity index (χ3n) is 3.07. The summed E-state index contributed by atoms with van der Waals surface area (Å²) in [5.74, 6) is 1.43. The molecule has 20 heavy (non-hydrogen) atoms. The number of hydrogen-bond donors (Lipinski definition) is 1. The van der Waals surface area contributed by atoms with Crippen LogP contribution in [0.1, 0.15) is 58.7 Å². The summed E-state index contributed by atoms with van der Waals surface area (Å²) in [6.07, 6.45) is 5.89. The smallest absolute Gasteiger partial charge is 0.158 e. The fourth-order valence-corrected chi connectivity index (χ4v) is 2.29. The lowest BCUT2D eigenvalue weighted by Gasteiger charge is -2.19. The summed E-state index contributed by atoms with van der Waals surface area (Å²) < 4.78 is 5.34. The van der Waals surface area contributed by atoms with Crippen molar-refractivity contribution >= 4 is 17.4 Å². The molecule has 5 heteroatoms. The second-order valence-electron chi connectivity index (χ2n) is 4.90. The van der Waals surface area contributed by atoms with Crippen LogP contribution in [0.5, 0.6) is 0 Å². The molecular formula is C15H26ClN3O. The minimum Gasteiger partial charge on any atom is -0.374 e. The van der Waals surface area contributed by atoms with Gasteiger partial charge < -0.3 is 10.1 Å². The van der Waals surface area contributed by atoms with E-state index < -0.39 is 0 Å². The number of halogens is 1. The van der Waals surface area contributed by atoms with Gasteiger partial charge in [-0.1, -0.05) is 44.7 Å². The van der Waals surface area contributed by atoms with Crippen molar-refractivity contribution in [3.63, 3.8) is 0 Å². The Morgan fingerprint density at radius 1 is 1.20 bits per heavy atom. The van der Waals surface area contributed by atoms with E-state index in [1.807, 2.05) is 6.92 Å². The lowest BCUT2D eigenvalue weighted by Crippen LogP contribution is -2.20. The summed E-state index contributed by atoms with van der Waals surface area (Å²) in [6.45, 7) is 7.41. The molecule has 0 bridgehead atoms. The first kappa shape index (κ1) is 17.2. The standard InChI is InChI=1S/C15H26ClN3O/c1-4-7-9-12(8-5-2)17-14-10-13(16)18-15(19-14)11-20-6-3/h10,12H,4-9,11H2,1-3H3,(H,17,18,19). The van der Waals surface area contributed by atoms with Crippen molar-refractivity contribution in [2.45, 2.75) is 65.5 Å². The average Bonchev–Trinajstić information content (AvgIpc) is 2.42. The molecule has 0 aromatic carbocycles. The van der Waals surface area contributed by atoms with Gasteiger partial charge in [0.15, 0.2) is 5.82 Å². The molecule has 0 fully saturated rings. The lowest BCUT2D eigenvalue weighted by molar-refractivity contribution is 0.128. The van der Waals surface area contributed by atoms with Crippen molar-refractivity contribution in [2.24, 2.45) is 0 Å². The minimum atomic E-state index is 0.402. The predicted molar refractivity (Wildman–Crippen MR) is 84.2 cm³/mol. The summed E-state index contributed by atoms with van der Waals surface area (Å²) in [7, 11) is 0. The molecule has 0 amide bonds. The molecule has 0 aliphatic carbocycles. The minimum absolute atomic E-state index is 0.402. The highest BCUT2D eigenvalue weighted by molar-refractivity contribution is 6.29. The molecule has 0 spiro atoms. The van der Waals surface area contributed by atoms with Gasteiger partial charge in [0.05, 0.1) is 0 Å². The van der Waals surface area contributed by atoms with Gasteiger partial charge in [-0.15, -0.1) is 0 Å². The molecule has 0 saturated carbocycles. The van der Waals surface area contributed by atoms with Crippen LogP contribution in [0, 0.1) is 0 Å². The Hall–Kier alpha value is -0.870. The summed E-state index contributed by atoms with van der Waals surface area (Å²) >= 11 is 6.05. The highest BCUT2D eigenvalue weighted by Crippen LogP contribution is 2.17. The summed E-state index contributed by atoms with van der Waals surface area (Å²) in [4.78, 5) is 8.65. The zero-order chi connectivity index (χ0) is 14.8. The zero-order valence-electron chi connectivity index (χ0n) is 12.8. The Bertz CT molecular complexity index is 387. The topological polar surface area (TPSA) is 47.0 Å². The van der Waals surface area contributed by atoms with Crippen molar-refractivity contribution in [3.8, 4) is 0 Å². The number of unbranched alkanes of at least 4 members (excludes halogenated alkanes) is 1. The zero-order valence-corrected chi connectivity index (χ0v) is 13.5. The Balaban J connectivity index is 2.69. The van der Waals surface area contributed by atoms with Crippen LogP contribution >= 0.6 is 11.6 Å². The molecule has 0 saturated heterocycles. The molecule has 1 atom stereocenters. The van der Waals surface area contributed by atoms with Gasteiger partial charge in [-0.2, -0.15) is 0 Å². The second-order valence-corrected chi connectivity index (χ2v) is 5.29. The van der Waals surface area contributed by atoms with Crippen molar-refractivity contribution in [3.05, 3.63) is 17.0 Å². The van der Waals surface area contributed by atoms with Crippen LogP contribution in [-0.4, -0.2) is 22.6 Å². The van der Waals surface area contributed by atoms with Crippen LogP contribution in [-0.2, 0) is 11.3 Å². The number of aromatic nitrogens is 2. The highest BCUT2D eigenvalue weighted by Gasteiger charge is 2.10. The van der Waals surface area contributed by atoms with Crippen LogP contribution in [0.15, 0.2) is 6.07 Å². The predicted octanol–water partition coefficient (Wildman–Crippen LogP) is 4.44. The Morgan fingerprint density at radius 3 is 2.65 bits per heavy atom. The molecule has 1 aromatic rings. The van der Waals surface area contributed by atoms with Gasteiger partial charge in [0, 0.05) is 18.7 Å². The monoisotopic (exact) mass is 299 g/mol. The van der Waals surface area contributed by atoms with Gasteiger partial charge in [0.1, 0.15) is 17.6 Å². The molecule has 1 rings (SSSR count). The van der Waals surface area contributed by atoms with E-state index in [1.54, 1.807) is 6.07 Å². The first-order valence-electron chi connectivity index (χ1n) is 7.57. The maximum absolute atomic E-state index is 6.05. The van der Waals surface area contributed by atoms with E-state index in [4.69, 9.17) is 16.3 Å². The lowest BCUT2D eigenvalue weighted by atomic mass is 10.1. The van der Waals surface area contributed by atoms with E-state index in [1.165, 1.54) is 12.8 Å². The van der Waals surface area contributed by atoms with Crippen LogP contribution in [0.4, 0.5) is 5.82 Å². The van der Waals surface area contributed by atoms with Gasteiger partial charge in [-0.05, 0) is 19.8 Å². The van der Waals surface area contributed by atoms with Crippen molar-refractivity contribution < 1.29 is 4.74 Å². The van der Waals surface area contributed by atoms with E-state index >= 15 is 0 Å². The molecule has 0 radical (unpaired) electrons. The number of anilines is 1. The number of nitrogens with zero attached hydrogens (tertiary/aromatic N) is 2. The third kappa shape index (κ3) is 6.53. The van der Waals surface area contributed by atoms with Crippen molar-refractivity contribution in [2.75, 3.05) is 11.9 Å². The molecule has 114 valence electrons. The molecular weight excluding hydrogens is 274 g/mol. The average molecular weight is 300 g/mol. The number of hydrogen-bond acceptors (Lipinski definition) is 4. The molecule has 1 heterocycles. The second kappa shape index (κ2) is 9.94. The Morgan fingerprint density at radius 2 is 2.00 bits per heavy atom. The number of rotatable bonds is 10. The summed E-state index contributed by atoms with van der Waals surface area (Å²) in [6, 6.07) is 2.23. The quantitative estimate of drug-likeness (QED) is 0.649. The molecule has 0 aliphatic heterocycles. The maximum Gasteiger partial charge on any atom is 0.158 e. The fourth-order valence-electron chi connectivity index (χ4n) is 2.09. The van der Waals surface area contributed by atoms with Gasteiger partial charge in [0.2, 0.25) is 0 Å². The largest absolute Gasteiger partial charge is 0.374 e. The van der Waals surface area contributed by atoms with Gasteiger partial charge >= 0.3 is 0 Å². The third-order valence-corrected chi connectivity index (χ3v) is 3.27. The number of nitrogens with one attached hydrogen (secondary N) is 1. The molecule has 1 aromatic heterocycles. The van der Waals surface area contributed by atoms with Gasteiger partial charge in [0.25, 0.3) is 0 Å². The van der Waals surface area contributed by atoms with Crippen LogP contribution in [0.25, 0.3) is 0 Å². The fraction of sp³-hybridized carbons (Fsp3) is 0.733. The molecule has 4 nitrogen and oxygen atoms in total. The van der Waals surface area contributed by atoms with Crippen LogP contribution in [0.3, 0.4) is 0 Å². The Kier molecular flexibility index (Phi) is 8.54. The van der Waals surface area contributed by atoms with Crippen molar-refractivity contribution in [1.29, 1.82) is 0 Å². The SMILES string of the molecule is CCCCC(CCC)Nc1cc(Cl)nc(COCC)n1. The van der Waals surface area contributed by atoms with Crippen LogP contribution < -0.4 is 5.32 Å². The van der Waals surface area contributed by atoms with E-state index in [2.05, 4.69) is 29.1 Å². The van der Waals surface area contributed by atoms with Crippen molar-refractivity contribution in [1.82, 2.24) is 9.97 Å². The highest BCUT2D eigenvalue weighted by atomic mass is 35.5.